The summed E-state index contributed by atoms with van der Waals surface area (Å²) in [5.74, 6) is 1.92. The fraction of sp³-hybridized carbons (Fsp3) is 0.240. The maximum absolute atomic E-state index is 12.5. The maximum atomic E-state index is 12.5. The molecule has 0 atom stereocenters. The van der Waals surface area contributed by atoms with Crippen LogP contribution in [0.15, 0.2) is 43.0 Å². The van der Waals surface area contributed by atoms with E-state index in [2.05, 4.69) is 20.3 Å². The molecule has 5 heterocycles. The van der Waals surface area contributed by atoms with Gasteiger partial charge in [0.2, 0.25) is 11.8 Å². The Balaban J connectivity index is 1.59. The van der Waals surface area contributed by atoms with Crippen LogP contribution in [-0.4, -0.2) is 67.4 Å². The van der Waals surface area contributed by atoms with Gasteiger partial charge in [0.1, 0.15) is 17.4 Å². The lowest BCUT2D eigenvalue weighted by Crippen LogP contribution is -2.48. The van der Waals surface area contributed by atoms with Crippen LogP contribution < -0.4 is 15.4 Å². The lowest BCUT2D eigenvalue weighted by Gasteiger charge is -2.33. The lowest BCUT2D eigenvalue weighted by molar-refractivity contribution is -0.129. The van der Waals surface area contributed by atoms with E-state index in [1.54, 1.807) is 28.2 Å². The van der Waals surface area contributed by atoms with E-state index in [-0.39, 0.29) is 12.5 Å². The zero-order valence-electron chi connectivity index (χ0n) is 20.2. The van der Waals surface area contributed by atoms with E-state index in [1.165, 1.54) is 0 Å². The van der Waals surface area contributed by atoms with Gasteiger partial charge in [-0.3, -0.25) is 14.6 Å². The molecule has 1 aliphatic heterocycles. The van der Waals surface area contributed by atoms with Crippen LogP contribution in [0.1, 0.15) is 5.56 Å². The topological polar surface area (TPSA) is 131 Å². The highest BCUT2D eigenvalue weighted by molar-refractivity contribution is 6.05. The molecule has 0 unspecified atom stereocenters. The summed E-state index contributed by atoms with van der Waals surface area (Å²) in [4.78, 5) is 25.5. The molecule has 36 heavy (non-hydrogen) atoms. The number of nitrogen functional groups attached to an aromatic ring is 1. The van der Waals surface area contributed by atoms with E-state index in [0.717, 1.165) is 33.0 Å². The number of pyridine rings is 2. The number of aromatic nitrogens is 6. The van der Waals surface area contributed by atoms with Crippen molar-refractivity contribution in [3.63, 3.8) is 0 Å². The van der Waals surface area contributed by atoms with Crippen molar-refractivity contribution in [3.8, 4) is 22.8 Å². The molecule has 0 radical (unpaired) electrons. The Labute approximate surface area is 206 Å². The average molecular weight is 484 g/mol. The van der Waals surface area contributed by atoms with Gasteiger partial charge in [0.25, 0.3) is 0 Å². The van der Waals surface area contributed by atoms with Gasteiger partial charge in [-0.1, -0.05) is 6.07 Å². The number of rotatable bonds is 4. The predicted octanol–water partition coefficient (Wildman–Crippen LogP) is 2.87. The molecular formula is C25H25N9O2. The third-order valence-electron chi connectivity index (χ3n) is 6.62. The third kappa shape index (κ3) is 3.56. The summed E-state index contributed by atoms with van der Waals surface area (Å²) >= 11 is 0. The number of anilines is 2. The number of benzene rings is 1. The van der Waals surface area contributed by atoms with Crippen LogP contribution >= 0.6 is 0 Å². The second kappa shape index (κ2) is 8.22. The smallest absolute Gasteiger partial charge is 0.241 e. The van der Waals surface area contributed by atoms with Crippen molar-refractivity contribution in [2.24, 2.45) is 7.05 Å². The first-order chi connectivity index (χ1) is 17.4. The molecule has 1 fully saturated rings. The number of likely N-dealkylation sites (N-methyl/N-ethyl adjacent to an activating group) is 1. The largest absolute Gasteiger partial charge is 0.437 e. The Morgan fingerprint density at radius 3 is 2.75 bits per heavy atom. The molecule has 6 rings (SSSR count). The van der Waals surface area contributed by atoms with Crippen molar-refractivity contribution < 1.29 is 9.53 Å². The number of hydrogen-bond acceptors (Lipinski definition) is 8. The molecule has 3 N–H and O–H groups in total. The van der Waals surface area contributed by atoms with Crippen molar-refractivity contribution >= 4 is 39.2 Å². The van der Waals surface area contributed by atoms with Crippen molar-refractivity contribution in [2.45, 2.75) is 6.92 Å². The zero-order chi connectivity index (χ0) is 25.0. The molecule has 1 aromatic carbocycles. The molecule has 0 bridgehead atoms. The quantitative estimate of drug-likeness (QED) is 0.399. The number of carbonyl (C=O) groups excluding carboxylic acids is 1. The Bertz CT molecular complexity index is 1640. The number of nitrogens with one attached hydrogen (secondary N) is 1. The van der Waals surface area contributed by atoms with Gasteiger partial charge in [-0.25, -0.2) is 4.98 Å². The summed E-state index contributed by atoms with van der Waals surface area (Å²) in [7, 11) is 3.67. The van der Waals surface area contributed by atoms with E-state index in [1.807, 2.05) is 50.3 Å². The minimum absolute atomic E-state index is 0.0337. The Morgan fingerprint density at radius 2 is 1.97 bits per heavy atom. The molecular weight excluding hydrogens is 458 g/mol. The lowest BCUT2D eigenvalue weighted by atomic mass is 10.0. The van der Waals surface area contributed by atoms with Crippen LogP contribution in [0.4, 0.5) is 11.6 Å². The van der Waals surface area contributed by atoms with Crippen LogP contribution in [0.25, 0.3) is 32.8 Å². The molecule has 4 aromatic heterocycles. The molecule has 1 saturated heterocycles. The highest BCUT2D eigenvalue weighted by atomic mass is 16.5. The predicted molar refractivity (Wildman–Crippen MR) is 137 cm³/mol. The van der Waals surface area contributed by atoms with Crippen molar-refractivity contribution in [1.29, 1.82) is 0 Å². The van der Waals surface area contributed by atoms with Crippen LogP contribution in [0.5, 0.6) is 11.6 Å². The molecule has 1 aliphatic rings. The van der Waals surface area contributed by atoms with Crippen LogP contribution in [0, 0.1) is 6.92 Å². The normalized spacial score (nSPS) is 14.2. The molecule has 0 aliphatic carbocycles. The number of carbonyl (C=O) groups is 1. The van der Waals surface area contributed by atoms with Crippen molar-refractivity contribution in [1.82, 2.24) is 34.8 Å². The SMILES string of the molecule is Cc1ccc2[nH]ncc2c1Oc1nc(N2CCN(C)C(=O)C2)cc2c(-c3cnn(C)c3)cnc(N)c12. The first kappa shape index (κ1) is 21.8. The van der Waals surface area contributed by atoms with Gasteiger partial charge in [-0.2, -0.15) is 15.2 Å². The summed E-state index contributed by atoms with van der Waals surface area (Å²) in [5.41, 5.74) is 9.93. The number of hydrogen-bond donors (Lipinski definition) is 2. The Hall–Kier alpha value is -4.67. The standard InChI is InChI=1S/C25H25N9O2/c1-14-4-5-19-18(11-28-31-19)23(14)36-25-22-16(8-20(30-25)34-7-6-32(2)21(35)13-34)17(10-27-24(22)26)15-9-29-33(3)12-15/h4-5,8-12H,6-7,13H2,1-3H3,(H2,26,27)(H,28,31). The summed E-state index contributed by atoms with van der Waals surface area (Å²) in [6.07, 6.45) is 7.16. The van der Waals surface area contributed by atoms with E-state index in [4.69, 9.17) is 15.5 Å². The van der Waals surface area contributed by atoms with E-state index >= 15 is 0 Å². The fourth-order valence-electron chi connectivity index (χ4n) is 4.55. The van der Waals surface area contributed by atoms with Gasteiger partial charge in [0.15, 0.2) is 0 Å². The number of ether oxygens (including phenoxy) is 1. The summed E-state index contributed by atoms with van der Waals surface area (Å²) in [5, 5.41) is 13.7. The number of H-pyrrole nitrogens is 1. The molecule has 0 spiro atoms. The Kier molecular flexibility index (Phi) is 4.99. The highest BCUT2D eigenvalue weighted by Gasteiger charge is 2.25. The molecule has 5 aromatic rings. The van der Waals surface area contributed by atoms with Crippen LogP contribution in [-0.2, 0) is 11.8 Å². The van der Waals surface area contributed by atoms with Crippen LogP contribution in [0.3, 0.4) is 0 Å². The minimum Gasteiger partial charge on any atom is -0.437 e. The maximum Gasteiger partial charge on any atom is 0.241 e. The van der Waals surface area contributed by atoms with Gasteiger partial charge in [0.05, 0.1) is 35.2 Å². The van der Waals surface area contributed by atoms with Crippen molar-refractivity contribution in [3.05, 3.63) is 48.5 Å². The number of aryl methyl sites for hydroxylation is 2. The van der Waals surface area contributed by atoms with Gasteiger partial charge >= 0.3 is 0 Å². The monoisotopic (exact) mass is 483 g/mol. The second-order valence-corrected chi connectivity index (χ2v) is 9.05. The molecule has 11 heteroatoms. The van der Waals surface area contributed by atoms with Crippen LogP contribution in [0.2, 0.25) is 0 Å². The van der Waals surface area contributed by atoms with Gasteiger partial charge in [-0.05, 0) is 24.6 Å². The number of nitrogens with two attached hydrogens (primary N) is 1. The summed E-state index contributed by atoms with van der Waals surface area (Å²) < 4.78 is 8.25. The first-order valence-corrected chi connectivity index (χ1v) is 11.6. The van der Waals surface area contributed by atoms with Gasteiger partial charge < -0.3 is 20.3 Å². The number of amides is 1. The minimum atomic E-state index is 0.0337. The van der Waals surface area contributed by atoms with E-state index in [9.17, 15) is 4.79 Å². The third-order valence-corrected chi connectivity index (χ3v) is 6.62. The van der Waals surface area contributed by atoms with E-state index < -0.39 is 0 Å². The Morgan fingerprint density at radius 1 is 1.11 bits per heavy atom. The average Bonchev–Trinajstić information content (AvgIpc) is 3.51. The first-order valence-electron chi connectivity index (χ1n) is 11.6. The summed E-state index contributed by atoms with van der Waals surface area (Å²) in [6, 6.07) is 5.87. The summed E-state index contributed by atoms with van der Waals surface area (Å²) in [6.45, 7) is 3.46. The van der Waals surface area contributed by atoms with Gasteiger partial charge in [-0.15, -0.1) is 0 Å². The molecule has 11 nitrogen and oxygen atoms in total. The fourth-order valence-corrected chi connectivity index (χ4v) is 4.55. The van der Waals surface area contributed by atoms with Crippen molar-refractivity contribution in [2.75, 3.05) is 37.3 Å². The van der Waals surface area contributed by atoms with Gasteiger partial charge in [0, 0.05) is 56.1 Å². The molecule has 182 valence electrons. The van der Waals surface area contributed by atoms with E-state index in [0.29, 0.717) is 41.7 Å². The number of piperazine rings is 1. The molecule has 1 amide bonds. The number of nitrogens with zero attached hydrogens (tertiary/aromatic N) is 7. The molecule has 0 saturated carbocycles. The zero-order valence-corrected chi connectivity index (χ0v) is 20.2. The second-order valence-electron chi connectivity index (χ2n) is 9.05. The number of aromatic amines is 1. The highest BCUT2D eigenvalue weighted by Crippen LogP contribution is 2.41. The number of fused-ring (bicyclic) bond motifs is 2.